The third-order valence-electron chi connectivity index (χ3n) is 2.69. The summed E-state index contributed by atoms with van der Waals surface area (Å²) in [7, 11) is 0. The Morgan fingerprint density at radius 1 is 1.42 bits per heavy atom. The minimum Gasteiger partial charge on any atom is -0.276 e. The Bertz CT molecular complexity index is 664. The molecule has 2 aromatic rings. The van der Waals surface area contributed by atoms with E-state index in [9.17, 15) is 10.1 Å². The third-order valence-corrected chi connectivity index (χ3v) is 2.69. The van der Waals surface area contributed by atoms with Crippen LogP contribution in [-0.2, 0) is 0 Å². The molecule has 0 saturated heterocycles. The molecule has 0 aromatic carbocycles. The van der Waals surface area contributed by atoms with Crippen LogP contribution in [0.15, 0.2) is 24.4 Å². The minimum atomic E-state index is -0.580. The SMILES string of the molecule is Cc1ccc(C)n1Nc1ncc([N+](=O)[O-])cc1C#N. The van der Waals surface area contributed by atoms with Crippen molar-refractivity contribution < 1.29 is 4.92 Å². The highest BCUT2D eigenvalue weighted by Crippen LogP contribution is 2.19. The topological polar surface area (TPSA) is 96.8 Å². The molecule has 2 aromatic heterocycles. The van der Waals surface area contributed by atoms with Gasteiger partial charge in [-0.2, -0.15) is 5.26 Å². The van der Waals surface area contributed by atoms with Crippen molar-refractivity contribution >= 4 is 11.5 Å². The molecule has 7 nitrogen and oxygen atoms in total. The summed E-state index contributed by atoms with van der Waals surface area (Å²) in [6, 6.07) is 6.93. The highest BCUT2D eigenvalue weighted by atomic mass is 16.6. The van der Waals surface area contributed by atoms with Gasteiger partial charge < -0.3 is 0 Å². The summed E-state index contributed by atoms with van der Waals surface area (Å²) >= 11 is 0. The molecule has 0 aliphatic rings. The zero-order valence-electron chi connectivity index (χ0n) is 10.4. The minimum absolute atomic E-state index is 0.127. The normalized spacial score (nSPS) is 9.95. The molecule has 0 aliphatic heterocycles. The number of aryl methyl sites for hydroxylation is 2. The largest absolute Gasteiger partial charge is 0.289 e. The van der Waals surface area contributed by atoms with Crippen LogP contribution in [0.5, 0.6) is 0 Å². The second-order valence-corrected chi connectivity index (χ2v) is 4.02. The Hall–Kier alpha value is -2.88. The maximum Gasteiger partial charge on any atom is 0.289 e. The van der Waals surface area contributed by atoms with E-state index in [1.807, 2.05) is 32.0 Å². The highest BCUT2D eigenvalue weighted by molar-refractivity contribution is 5.55. The van der Waals surface area contributed by atoms with Crippen LogP contribution >= 0.6 is 0 Å². The summed E-state index contributed by atoms with van der Waals surface area (Å²) in [5.41, 5.74) is 4.78. The van der Waals surface area contributed by atoms with Gasteiger partial charge in [-0.15, -0.1) is 0 Å². The molecule has 7 heteroatoms. The van der Waals surface area contributed by atoms with E-state index in [0.29, 0.717) is 0 Å². The van der Waals surface area contributed by atoms with Gasteiger partial charge in [0.05, 0.1) is 4.92 Å². The predicted octanol–water partition coefficient (Wildman–Crippen LogP) is 2.16. The second-order valence-electron chi connectivity index (χ2n) is 4.02. The number of aromatic nitrogens is 2. The van der Waals surface area contributed by atoms with Crippen LogP contribution in [0.25, 0.3) is 0 Å². The molecule has 2 heterocycles. The first-order valence-electron chi connectivity index (χ1n) is 5.49. The zero-order chi connectivity index (χ0) is 14.0. The van der Waals surface area contributed by atoms with Gasteiger partial charge in [-0.3, -0.25) is 20.2 Å². The summed E-state index contributed by atoms with van der Waals surface area (Å²) in [4.78, 5) is 14.0. The molecule has 96 valence electrons. The molecule has 0 spiro atoms. The lowest BCUT2D eigenvalue weighted by Gasteiger charge is -2.12. The van der Waals surface area contributed by atoms with Crippen LogP contribution in [0.2, 0.25) is 0 Å². The van der Waals surface area contributed by atoms with Crippen LogP contribution < -0.4 is 5.43 Å². The van der Waals surface area contributed by atoms with Crippen LogP contribution in [0.4, 0.5) is 11.5 Å². The molecule has 0 fully saturated rings. The van der Waals surface area contributed by atoms with E-state index in [4.69, 9.17) is 5.26 Å². The number of hydrogen-bond donors (Lipinski definition) is 1. The van der Waals surface area contributed by atoms with Crippen LogP contribution in [-0.4, -0.2) is 14.6 Å². The van der Waals surface area contributed by atoms with Crippen LogP contribution in [0, 0.1) is 35.3 Å². The molecule has 0 atom stereocenters. The van der Waals surface area contributed by atoms with Gasteiger partial charge in [0.25, 0.3) is 5.69 Å². The molecule has 0 amide bonds. The Labute approximate surface area is 109 Å². The van der Waals surface area contributed by atoms with E-state index in [-0.39, 0.29) is 17.1 Å². The highest BCUT2D eigenvalue weighted by Gasteiger charge is 2.13. The predicted molar refractivity (Wildman–Crippen MR) is 68.5 cm³/mol. The van der Waals surface area contributed by atoms with Crippen molar-refractivity contribution in [3.63, 3.8) is 0 Å². The average molecular weight is 257 g/mol. The monoisotopic (exact) mass is 257 g/mol. The molecule has 0 saturated carbocycles. The van der Waals surface area contributed by atoms with Crippen molar-refractivity contribution in [3.8, 4) is 6.07 Å². The summed E-state index contributed by atoms with van der Waals surface area (Å²) in [6.45, 7) is 3.80. The summed E-state index contributed by atoms with van der Waals surface area (Å²) < 4.78 is 1.76. The summed E-state index contributed by atoms with van der Waals surface area (Å²) in [5, 5.41) is 19.7. The fourth-order valence-electron chi connectivity index (χ4n) is 1.68. The Balaban J connectivity index is 2.41. The van der Waals surface area contributed by atoms with Crippen molar-refractivity contribution in [3.05, 3.63) is 51.5 Å². The lowest BCUT2D eigenvalue weighted by atomic mass is 10.2. The van der Waals surface area contributed by atoms with Gasteiger partial charge in [0.1, 0.15) is 17.8 Å². The molecular weight excluding hydrogens is 246 g/mol. The Morgan fingerprint density at radius 2 is 2.05 bits per heavy atom. The lowest BCUT2D eigenvalue weighted by molar-refractivity contribution is -0.385. The fraction of sp³-hybridized carbons (Fsp3) is 0.167. The molecule has 0 aliphatic carbocycles. The molecule has 19 heavy (non-hydrogen) atoms. The first kappa shape index (κ1) is 12.6. The van der Waals surface area contributed by atoms with Crippen LogP contribution in [0.1, 0.15) is 17.0 Å². The second kappa shape index (κ2) is 4.78. The number of nitrogens with one attached hydrogen (secondary N) is 1. The van der Waals surface area contributed by atoms with Gasteiger partial charge >= 0.3 is 0 Å². The quantitative estimate of drug-likeness (QED) is 0.671. The van der Waals surface area contributed by atoms with Gasteiger partial charge in [0.2, 0.25) is 0 Å². The van der Waals surface area contributed by atoms with E-state index < -0.39 is 4.92 Å². The fourth-order valence-corrected chi connectivity index (χ4v) is 1.68. The number of rotatable bonds is 3. The van der Waals surface area contributed by atoms with Crippen molar-refractivity contribution in [2.75, 3.05) is 5.43 Å². The van der Waals surface area contributed by atoms with E-state index in [2.05, 4.69) is 10.4 Å². The zero-order valence-corrected chi connectivity index (χ0v) is 10.4. The molecule has 1 N–H and O–H groups in total. The van der Waals surface area contributed by atoms with E-state index in [1.54, 1.807) is 4.68 Å². The number of nitrogens with zero attached hydrogens (tertiary/aromatic N) is 4. The van der Waals surface area contributed by atoms with E-state index in [1.165, 1.54) is 6.07 Å². The van der Waals surface area contributed by atoms with Crippen LogP contribution in [0.3, 0.4) is 0 Å². The molecule has 0 unspecified atom stereocenters. The Kier molecular flexibility index (Phi) is 3.16. The molecule has 0 bridgehead atoms. The van der Waals surface area contributed by atoms with Gasteiger partial charge in [0, 0.05) is 17.5 Å². The van der Waals surface area contributed by atoms with Gasteiger partial charge in [0.15, 0.2) is 5.82 Å². The van der Waals surface area contributed by atoms with Crippen molar-refractivity contribution in [1.29, 1.82) is 5.26 Å². The molecule has 2 rings (SSSR count). The number of anilines is 1. The van der Waals surface area contributed by atoms with Gasteiger partial charge in [-0.05, 0) is 26.0 Å². The van der Waals surface area contributed by atoms with Crippen molar-refractivity contribution in [1.82, 2.24) is 9.66 Å². The Morgan fingerprint density at radius 3 is 2.58 bits per heavy atom. The maximum atomic E-state index is 10.6. The van der Waals surface area contributed by atoms with E-state index >= 15 is 0 Å². The molecule has 0 radical (unpaired) electrons. The summed E-state index contributed by atoms with van der Waals surface area (Å²) in [5.74, 6) is 0.288. The first-order valence-corrected chi connectivity index (χ1v) is 5.49. The van der Waals surface area contributed by atoms with Gasteiger partial charge in [-0.1, -0.05) is 0 Å². The maximum absolute atomic E-state index is 10.6. The lowest BCUT2D eigenvalue weighted by Crippen LogP contribution is -2.14. The average Bonchev–Trinajstić information content (AvgIpc) is 2.70. The van der Waals surface area contributed by atoms with Gasteiger partial charge in [-0.25, -0.2) is 4.98 Å². The smallest absolute Gasteiger partial charge is 0.276 e. The summed E-state index contributed by atoms with van der Waals surface area (Å²) in [6.07, 6.45) is 1.12. The number of pyridine rings is 1. The number of hydrogen-bond acceptors (Lipinski definition) is 5. The number of nitriles is 1. The third kappa shape index (κ3) is 2.37. The molecular formula is C12H11N5O2. The number of nitro groups is 1. The standard InChI is InChI=1S/C12H11N5O2/c1-8-3-4-9(2)16(8)15-12-10(6-13)5-11(7-14-12)17(18)19/h3-5,7H,1-2H3,(H,14,15). The van der Waals surface area contributed by atoms with E-state index in [0.717, 1.165) is 17.6 Å². The first-order chi connectivity index (χ1) is 9.02. The van der Waals surface area contributed by atoms with Crippen molar-refractivity contribution in [2.45, 2.75) is 13.8 Å². The van der Waals surface area contributed by atoms with Crippen molar-refractivity contribution in [2.24, 2.45) is 0 Å².